The lowest BCUT2D eigenvalue weighted by Gasteiger charge is -2.39. The standard InChI is InChI=1S/C19H16O5S/c1-25(21,22)15-9-7-14(8-10-15)17-16(13-5-3-2-4-6-13)18(20)19(17)23-11-12-24-19/h2-10H,11-12H2,1H3. The van der Waals surface area contributed by atoms with E-state index in [2.05, 4.69) is 0 Å². The molecule has 2 aromatic carbocycles. The largest absolute Gasteiger partial charge is 0.337 e. The fraction of sp³-hybridized carbons (Fsp3) is 0.211. The van der Waals surface area contributed by atoms with E-state index in [0.29, 0.717) is 29.9 Å². The van der Waals surface area contributed by atoms with Crippen molar-refractivity contribution in [1.29, 1.82) is 0 Å². The van der Waals surface area contributed by atoms with Crippen LogP contribution in [-0.4, -0.2) is 39.5 Å². The van der Waals surface area contributed by atoms with Gasteiger partial charge in [-0.05, 0) is 23.3 Å². The fourth-order valence-corrected chi connectivity index (χ4v) is 3.90. The topological polar surface area (TPSA) is 69.7 Å². The molecule has 6 heteroatoms. The molecule has 0 aromatic heterocycles. The van der Waals surface area contributed by atoms with Crippen LogP contribution in [0.5, 0.6) is 0 Å². The Bertz CT molecular complexity index is 966. The van der Waals surface area contributed by atoms with E-state index in [0.717, 1.165) is 11.8 Å². The van der Waals surface area contributed by atoms with Gasteiger partial charge in [0, 0.05) is 17.4 Å². The number of carbonyl (C=O) groups excluding carboxylic acids is 1. The van der Waals surface area contributed by atoms with E-state index in [9.17, 15) is 13.2 Å². The zero-order chi connectivity index (χ0) is 17.7. The highest BCUT2D eigenvalue weighted by atomic mass is 32.2. The van der Waals surface area contributed by atoms with Gasteiger partial charge in [-0.1, -0.05) is 42.5 Å². The first kappa shape index (κ1) is 16.2. The molecule has 0 amide bonds. The summed E-state index contributed by atoms with van der Waals surface area (Å²) >= 11 is 0. The smallest absolute Gasteiger partial charge is 0.262 e. The first-order valence-electron chi connectivity index (χ1n) is 7.87. The predicted molar refractivity (Wildman–Crippen MR) is 92.4 cm³/mol. The molecular weight excluding hydrogens is 340 g/mol. The van der Waals surface area contributed by atoms with Crippen molar-refractivity contribution in [2.75, 3.05) is 19.5 Å². The molecule has 1 fully saturated rings. The number of hydrogen-bond acceptors (Lipinski definition) is 5. The molecule has 1 aliphatic carbocycles. The molecule has 128 valence electrons. The molecule has 4 rings (SSSR count). The minimum Gasteiger partial charge on any atom is -0.337 e. The highest BCUT2D eigenvalue weighted by Crippen LogP contribution is 2.51. The maximum atomic E-state index is 12.8. The molecule has 1 spiro atoms. The van der Waals surface area contributed by atoms with Crippen LogP contribution in [0.3, 0.4) is 0 Å². The summed E-state index contributed by atoms with van der Waals surface area (Å²) < 4.78 is 34.7. The molecule has 1 heterocycles. The van der Waals surface area contributed by atoms with Gasteiger partial charge in [0.2, 0.25) is 5.78 Å². The SMILES string of the molecule is CS(=O)(=O)c1ccc(C2=C(c3ccccc3)C(=O)C23OCCO3)cc1. The Morgan fingerprint density at radius 3 is 2.04 bits per heavy atom. The Morgan fingerprint density at radius 1 is 0.880 bits per heavy atom. The van der Waals surface area contributed by atoms with Crippen molar-refractivity contribution in [3.63, 3.8) is 0 Å². The lowest BCUT2D eigenvalue weighted by molar-refractivity contribution is -0.158. The van der Waals surface area contributed by atoms with Crippen molar-refractivity contribution in [2.24, 2.45) is 0 Å². The molecule has 0 saturated carbocycles. The lowest BCUT2D eigenvalue weighted by Crippen LogP contribution is -2.50. The summed E-state index contributed by atoms with van der Waals surface area (Å²) in [5.74, 6) is -1.56. The van der Waals surface area contributed by atoms with Gasteiger partial charge in [-0.15, -0.1) is 0 Å². The van der Waals surface area contributed by atoms with Gasteiger partial charge in [-0.25, -0.2) is 8.42 Å². The van der Waals surface area contributed by atoms with Crippen LogP contribution in [0.15, 0.2) is 59.5 Å². The maximum absolute atomic E-state index is 12.8. The van der Waals surface area contributed by atoms with Gasteiger partial charge in [0.05, 0.1) is 18.1 Å². The van der Waals surface area contributed by atoms with Crippen molar-refractivity contribution >= 4 is 26.8 Å². The zero-order valence-electron chi connectivity index (χ0n) is 13.6. The molecular formula is C19H16O5S. The van der Waals surface area contributed by atoms with E-state index < -0.39 is 15.6 Å². The molecule has 0 atom stereocenters. The van der Waals surface area contributed by atoms with Crippen LogP contribution in [-0.2, 0) is 24.1 Å². The Labute approximate surface area is 145 Å². The van der Waals surface area contributed by atoms with E-state index in [1.54, 1.807) is 12.1 Å². The Balaban J connectivity index is 1.88. The molecule has 5 nitrogen and oxygen atoms in total. The molecule has 0 N–H and O–H groups in total. The second-order valence-corrected chi connectivity index (χ2v) is 8.07. The summed E-state index contributed by atoms with van der Waals surface area (Å²) in [6.45, 7) is 0.692. The predicted octanol–water partition coefficient (Wildman–Crippen LogP) is 2.33. The molecule has 2 aliphatic rings. The van der Waals surface area contributed by atoms with Crippen LogP contribution in [0, 0.1) is 0 Å². The maximum Gasteiger partial charge on any atom is 0.262 e. The van der Waals surface area contributed by atoms with Crippen molar-refractivity contribution in [3.8, 4) is 0 Å². The van der Waals surface area contributed by atoms with Gasteiger partial charge in [-0.2, -0.15) is 0 Å². The van der Waals surface area contributed by atoms with Crippen molar-refractivity contribution in [1.82, 2.24) is 0 Å². The molecule has 1 aliphatic heterocycles. The van der Waals surface area contributed by atoms with Gasteiger partial charge in [0.25, 0.3) is 5.79 Å². The third-order valence-corrected chi connectivity index (χ3v) is 5.56. The second-order valence-electron chi connectivity index (χ2n) is 6.06. The number of ketones is 1. The van der Waals surface area contributed by atoms with E-state index >= 15 is 0 Å². The number of carbonyl (C=O) groups is 1. The zero-order valence-corrected chi connectivity index (χ0v) is 14.4. The van der Waals surface area contributed by atoms with Crippen LogP contribution in [0.25, 0.3) is 11.1 Å². The van der Waals surface area contributed by atoms with E-state index in [-0.39, 0.29) is 10.7 Å². The van der Waals surface area contributed by atoms with Crippen LogP contribution >= 0.6 is 0 Å². The van der Waals surface area contributed by atoms with Gasteiger partial charge < -0.3 is 9.47 Å². The highest BCUT2D eigenvalue weighted by molar-refractivity contribution is 7.90. The van der Waals surface area contributed by atoms with E-state index in [1.807, 2.05) is 30.3 Å². The van der Waals surface area contributed by atoms with Gasteiger partial charge in [0.1, 0.15) is 0 Å². The first-order chi connectivity index (χ1) is 11.9. The summed E-state index contributed by atoms with van der Waals surface area (Å²) in [5, 5.41) is 0. The normalized spacial score (nSPS) is 19.3. The monoisotopic (exact) mass is 356 g/mol. The van der Waals surface area contributed by atoms with Gasteiger partial charge in [-0.3, -0.25) is 4.79 Å². The molecule has 2 aromatic rings. The first-order valence-corrected chi connectivity index (χ1v) is 9.76. The Kier molecular flexibility index (Phi) is 3.64. The summed E-state index contributed by atoms with van der Waals surface area (Å²) in [7, 11) is -3.28. The molecule has 0 unspecified atom stereocenters. The fourth-order valence-electron chi connectivity index (χ4n) is 3.26. The van der Waals surface area contributed by atoms with Gasteiger partial charge in [0.15, 0.2) is 9.84 Å². The number of Topliss-reactive ketones (excluding diaryl/α,β-unsaturated/α-hetero) is 1. The van der Waals surface area contributed by atoms with Crippen molar-refractivity contribution < 1.29 is 22.7 Å². The quantitative estimate of drug-likeness (QED) is 0.844. The average molecular weight is 356 g/mol. The second kappa shape index (κ2) is 5.62. The minimum atomic E-state index is -3.28. The Morgan fingerprint density at radius 2 is 1.48 bits per heavy atom. The van der Waals surface area contributed by atoms with E-state index in [4.69, 9.17) is 9.47 Å². The Hall–Kier alpha value is -2.28. The minimum absolute atomic E-state index is 0.196. The number of hydrogen-bond donors (Lipinski definition) is 0. The van der Waals surface area contributed by atoms with Crippen molar-refractivity contribution in [2.45, 2.75) is 10.7 Å². The number of benzene rings is 2. The third-order valence-electron chi connectivity index (χ3n) is 4.43. The summed E-state index contributed by atoms with van der Waals surface area (Å²) in [6.07, 6.45) is 1.16. The van der Waals surface area contributed by atoms with Crippen molar-refractivity contribution in [3.05, 3.63) is 65.7 Å². The van der Waals surface area contributed by atoms with E-state index in [1.165, 1.54) is 12.1 Å². The van der Waals surface area contributed by atoms with Crippen LogP contribution < -0.4 is 0 Å². The van der Waals surface area contributed by atoms with Crippen LogP contribution in [0.1, 0.15) is 11.1 Å². The molecule has 25 heavy (non-hydrogen) atoms. The number of rotatable bonds is 3. The molecule has 0 bridgehead atoms. The molecule has 0 radical (unpaired) electrons. The van der Waals surface area contributed by atoms with Crippen LogP contribution in [0.2, 0.25) is 0 Å². The number of sulfone groups is 1. The average Bonchev–Trinajstić information content (AvgIpc) is 3.11. The van der Waals surface area contributed by atoms with Crippen LogP contribution in [0.4, 0.5) is 0 Å². The lowest BCUT2D eigenvalue weighted by atomic mass is 9.73. The highest BCUT2D eigenvalue weighted by Gasteiger charge is 2.59. The summed E-state index contributed by atoms with van der Waals surface area (Å²) in [6, 6.07) is 15.8. The summed E-state index contributed by atoms with van der Waals surface area (Å²) in [4.78, 5) is 13.0. The molecule has 1 saturated heterocycles. The van der Waals surface area contributed by atoms with Gasteiger partial charge >= 0.3 is 0 Å². The number of ether oxygens (including phenoxy) is 2. The third kappa shape index (κ3) is 2.45. The summed E-state index contributed by atoms with van der Waals surface area (Å²) in [5.41, 5.74) is 2.71.